The number of rotatable bonds is 3. The topological polar surface area (TPSA) is 67.5 Å². The normalized spacial score (nSPS) is 25.7. The minimum atomic E-state index is -0.407. The summed E-state index contributed by atoms with van der Waals surface area (Å²) in [6.45, 7) is 1.65. The smallest absolute Gasteiger partial charge is 0.0948 e. The Hall–Kier alpha value is -1.10. The van der Waals surface area contributed by atoms with Crippen LogP contribution in [0.15, 0.2) is 24.3 Å². The van der Waals surface area contributed by atoms with Gasteiger partial charge in [0, 0.05) is 12.2 Å². The number of nitrogens with two attached hydrogens (primary N) is 1. The van der Waals surface area contributed by atoms with Crippen LogP contribution in [0.2, 0.25) is 0 Å². The zero-order valence-electron chi connectivity index (χ0n) is 8.52. The Morgan fingerprint density at radius 2 is 2.20 bits per heavy atom. The number of ether oxygens (including phenoxy) is 1. The van der Waals surface area contributed by atoms with E-state index in [-0.39, 0.29) is 6.04 Å². The second kappa shape index (κ2) is 4.61. The van der Waals surface area contributed by atoms with Gasteiger partial charge in [0.15, 0.2) is 0 Å². The van der Waals surface area contributed by atoms with E-state index in [2.05, 4.69) is 5.32 Å². The molecule has 0 radical (unpaired) electrons. The fraction of sp³-hybridized carbons (Fsp3) is 0.455. The van der Waals surface area contributed by atoms with Crippen molar-refractivity contribution in [1.82, 2.24) is 5.32 Å². The van der Waals surface area contributed by atoms with Gasteiger partial charge < -0.3 is 20.9 Å². The molecule has 1 saturated heterocycles. The van der Waals surface area contributed by atoms with Gasteiger partial charge in [0.25, 0.3) is 0 Å². The number of hydrogen-bond donors (Lipinski definition) is 3. The molecule has 0 spiro atoms. The molecule has 0 amide bonds. The molecule has 2 rings (SSSR count). The van der Waals surface area contributed by atoms with Crippen LogP contribution in [0.25, 0.3) is 0 Å². The van der Waals surface area contributed by atoms with Gasteiger partial charge in [-0.2, -0.15) is 0 Å². The molecule has 0 unspecified atom stereocenters. The van der Waals surface area contributed by atoms with Gasteiger partial charge in [-0.15, -0.1) is 0 Å². The van der Waals surface area contributed by atoms with Gasteiger partial charge in [-0.25, -0.2) is 0 Å². The molecule has 2 atom stereocenters. The molecular weight excluding hydrogens is 192 g/mol. The molecule has 0 aliphatic carbocycles. The van der Waals surface area contributed by atoms with Crippen molar-refractivity contribution in [1.29, 1.82) is 0 Å². The van der Waals surface area contributed by atoms with Crippen LogP contribution >= 0.6 is 0 Å². The van der Waals surface area contributed by atoms with Gasteiger partial charge in [-0.1, -0.05) is 18.2 Å². The zero-order chi connectivity index (χ0) is 10.7. The largest absolute Gasteiger partial charge is 0.398 e. The Balaban J connectivity index is 1.90. The summed E-state index contributed by atoms with van der Waals surface area (Å²) >= 11 is 0. The van der Waals surface area contributed by atoms with Gasteiger partial charge in [-0.05, 0) is 11.6 Å². The summed E-state index contributed by atoms with van der Waals surface area (Å²) in [4.78, 5) is 0. The third-order valence-electron chi connectivity index (χ3n) is 2.66. The number of hydrogen-bond acceptors (Lipinski definition) is 4. The molecule has 1 fully saturated rings. The van der Waals surface area contributed by atoms with Crippen molar-refractivity contribution in [2.24, 2.45) is 0 Å². The highest BCUT2D eigenvalue weighted by Crippen LogP contribution is 2.12. The van der Waals surface area contributed by atoms with Crippen LogP contribution in [0.4, 0.5) is 5.69 Å². The molecule has 4 heteroatoms. The summed E-state index contributed by atoms with van der Waals surface area (Å²) in [5.41, 5.74) is 7.63. The lowest BCUT2D eigenvalue weighted by molar-refractivity contribution is 0.122. The maximum atomic E-state index is 9.52. The predicted octanol–water partition coefficient (Wildman–Crippen LogP) is 0.118. The fourth-order valence-electron chi connectivity index (χ4n) is 1.67. The third kappa shape index (κ3) is 2.47. The Bertz CT molecular complexity index is 330. The molecule has 1 aromatic rings. The quantitative estimate of drug-likeness (QED) is 0.617. The number of anilines is 1. The Morgan fingerprint density at radius 3 is 2.87 bits per heavy atom. The first-order valence-electron chi connectivity index (χ1n) is 5.10. The second-order valence-corrected chi connectivity index (χ2v) is 3.79. The van der Waals surface area contributed by atoms with Crippen molar-refractivity contribution in [3.05, 3.63) is 29.8 Å². The van der Waals surface area contributed by atoms with E-state index < -0.39 is 6.10 Å². The second-order valence-electron chi connectivity index (χ2n) is 3.79. The molecule has 0 saturated carbocycles. The van der Waals surface area contributed by atoms with E-state index in [9.17, 15) is 5.11 Å². The molecule has 4 nitrogen and oxygen atoms in total. The lowest BCUT2D eigenvalue weighted by Crippen LogP contribution is -2.38. The van der Waals surface area contributed by atoms with Crippen molar-refractivity contribution in [2.45, 2.75) is 18.7 Å². The number of aliphatic hydroxyl groups is 1. The lowest BCUT2D eigenvalue weighted by Gasteiger charge is -2.15. The predicted molar refractivity (Wildman–Crippen MR) is 58.3 cm³/mol. The van der Waals surface area contributed by atoms with Gasteiger partial charge in [0.05, 0.1) is 25.4 Å². The Kier molecular flexibility index (Phi) is 3.20. The van der Waals surface area contributed by atoms with Gasteiger partial charge in [0.2, 0.25) is 0 Å². The summed E-state index contributed by atoms with van der Waals surface area (Å²) in [7, 11) is 0. The van der Waals surface area contributed by atoms with E-state index in [0.29, 0.717) is 19.8 Å². The molecule has 82 valence electrons. The number of nitrogen functional groups attached to an aromatic ring is 1. The number of benzene rings is 1. The van der Waals surface area contributed by atoms with Gasteiger partial charge in [0.1, 0.15) is 0 Å². The maximum absolute atomic E-state index is 9.52. The van der Waals surface area contributed by atoms with E-state index in [4.69, 9.17) is 10.5 Å². The third-order valence-corrected chi connectivity index (χ3v) is 2.66. The average Bonchev–Trinajstić information content (AvgIpc) is 2.63. The van der Waals surface area contributed by atoms with Crippen molar-refractivity contribution in [3.63, 3.8) is 0 Å². The molecule has 1 aromatic carbocycles. The van der Waals surface area contributed by atoms with Crippen molar-refractivity contribution in [3.8, 4) is 0 Å². The minimum absolute atomic E-state index is 0.0182. The highest BCUT2D eigenvalue weighted by atomic mass is 16.5. The molecule has 4 N–H and O–H groups in total. The van der Waals surface area contributed by atoms with E-state index in [1.54, 1.807) is 0 Å². The van der Waals surface area contributed by atoms with Crippen LogP contribution in [-0.4, -0.2) is 30.5 Å². The molecule has 1 heterocycles. The first kappa shape index (κ1) is 10.4. The first-order valence-corrected chi connectivity index (χ1v) is 5.10. The summed E-state index contributed by atoms with van der Waals surface area (Å²) in [5, 5.41) is 12.8. The standard InChI is InChI=1S/C11H16N2O2/c12-9-4-2-1-3-8(9)5-13-10-6-15-7-11(10)14/h1-4,10-11,13-14H,5-7,12H2/t10-,11-/m1/s1. The molecule has 15 heavy (non-hydrogen) atoms. The minimum Gasteiger partial charge on any atom is -0.398 e. The van der Waals surface area contributed by atoms with E-state index >= 15 is 0 Å². The van der Waals surface area contributed by atoms with Crippen LogP contribution in [0.3, 0.4) is 0 Å². The number of para-hydroxylation sites is 1. The summed E-state index contributed by atoms with van der Waals surface area (Å²) in [6.07, 6.45) is -0.407. The monoisotopic (exact) mass is 208 g/mol. The fourth-order valence-corrected chi connectivity index (χ4v) is 1.67. The van der Waals surface area contributed by atoms with E-state index in [1.807, 2.05) is 24.3 Å². The summed E-state index contributed by atoms with van der Waals surface area (Å²) < 4.78 is 5.14. The van der Waals surface area contributed by atoms with E-state index in [1.165, 1.54) is 0 Å². The van der Waals surface area contributed by atoms with Gasteiger partial charge >= 0.3 is 0 Å². The summed E-state index contributed by atoms with van der Waals surface area (Å²) in [6, 6.07) is 7.73. The molecule has 0 aromatic heterocycles. The number of nitrogens with one attached hydrogen (secondary N) is 1. The van der Waals surface area contributed by atoms with Crippen molar-refractivity contribution in [2.75, 3.05) is 18.9 Å². The van der Waals surface area contributed by atoms with Crippen LogP contribution in [0.1, 0.15) is 5.56 Å². The molecule has 0 bridgehead atoms. The Morgan fingerprint density at radius 1 is 1.40 bits per heavy atom. The first-order chi connectivity index (χ1) is 7.27. The van der Waals surface area contributed by atoms with Crippen molar-refractivity contribution < 1.29 is 9.84 Å². The van der Waals surface area contributed by atoms with Crippen LogP contribution < -0.4 is 11.1 Å². The van der Waals surface area contributed by atoms with Crippen LogP contribution in [-0.2, 0) is 11.3 Å². The average molecular weight is 208 g/mol. The van der Waals surface area contributed by atoms with Gasteiger partial charge in [-0.3, -0.25) is 0 Å². The van der Waals surface area contributed by atoms with Crippen LogP contribution in [0.5, 0.6) is 0 Å². The maximum Gasteiger partial charge on any atom is 0.0948 e. The molecule has 1 aliphatic heterocycles. The zero-order valence-corrected chi connectivity index (χ0v) is 8.52. The SMILES string of the molecule is Nc1ccccc1CN[C@@H]1COC[C@H]1O. The highest BCUT2D eigenvalue weighted by molar-refractivity contribution is 5.46. The summed E-state index contributed by atoms with van der Waals surface area (Å²) in [5.74, 6) is 0. The van der Waals surface area contributed by atoms with Crippen molar-refractivity contribution >= 4 is 5.69 Å². The number of aliphatic hydroxyl groups excluding tert-OH is 1. The Labute approximate surface area is 89.0 Å². The molecule has 1 aliphatic rings. The van der Waals surface area contributed by atoms with Crippen LogP contribution in [0, 0.1) is 0 Å². The lowest BCUT2D eigenvalue weighted by atomic mass is 10.1. The van der Waals surface area contributed by atoms with E-state index in [0.717, 1.165) is 11.3 Å². The molecular formula is C11H16N2O2. The highest BCUT2D eigenvalue weighted by Gasteiger charge is 2.25.